The number of benzene rings is 1. The highest BCUT2D eigenvalue weighted by Crippen LogP contribution is 2.52. The van der Waals surface area contributed by atoms with E-state index in [0.29, 0.717) is 23.9 Å². The third-order valence-corrected chi connectivity index (χ3v) is 5.94. The molecule has 0 saturated heterocycles. The van der Waals surface area contributed by atoms with Gasteiger partial charge in [-0.1, -0.05) is 50.6 Å². The van der Waals surface area contributed by atoms with Gasteiger partial charge in [0.05, 0.1) is 0 Å². The van der Waals surface area contributed by atoms with Gasteiger partial charge in [0, 0.05) is 12.6 Å². The number of hydrogen-bond donors (Lipinski definition) is 2. The average molecular weight is 329 g/mol. The van der Waals surface area contributed by atoms with Crippen molar-refractivity contribution in [1.29, 1.82) is 0 Å². The third-order valence-electron chi connectivity index (χ3n) is 5.94. The van der Waals surface area contributed by atoms with Crippen molar-refractivity contribution in [1.82, 2.24) is 5.32 Å². The van der Waals surface area contributed by atoms with Gasteiger partial charge in [-0.25, -0.2) is 0 Å². The Hall–Kier alpha value is -1.12. The molecule has 1 aliphatic carbocycles. The second-order valence-electron chi connectivity index (χ2n) is 7.89. The Bertz CT molecular complexity index is 557. The van der Waals surface area contributed by atoms with Crippen LogP contribution in [0.5, 0.6) is 0 Å². The van der Waals surface area contributed by atoms with E-state index >= 15 is 0 Å². The fourth-order valence-electron chi connectivity index (χ4n) is 4.02. The molecule has 0 radical (unpaired) electrons. The molecule has 1 aliphatic rings. The number of allylic oxidation sites excluding steroid dienone is 1. The lowest BCUT2D eigenvalue weighted by atomic mass is 9.84. The first-order chi connectivity index (χ1) is 11.4. The van der Waals surface area contributed by atoms with E-state index in [1.807, 2.05) is 0 Å². The summed E-state index contributed by atoms with van der Waals surface area (Å²) in [7, 11) is 0. The second-order valence-corrected chi connectivity index (χ2v) is 7.89. The monoisotopic (exact) mass is 328 g/mol. The van der Waals surface area contributed by atoms with Crippen molar-refractivity contribution in [3.63, 3.8) is 0 Å². The lowest BCUT2D eigenvalue weighted by Gasteiger charge is -2.27. The molecule has 0 heterocycles. The largest absolute Gasteiger partial charge is 0.326 e. The van der Waals surface area contributed by atoms with Crippen LogP contribution in [0, 0.1) is 5.41 Å². The average Bonchev–Trinajstić information content (AvgIpc) is 3.33. The van der Waals surface area contributed by atoms with Crippen LogP contribution in [-0.4, -0.2) is 12.6 Å². The summed E-state index contributed by atoms with van der Waals surface area (Å²) in [5, 5.41) is 3.78. The first-order valence-electron chi connectivity index (χ1n) is 9.65. The summed E-state index contributed by atoms with van der Waals surface area (Å²) in [5.41, 5.74) is 11.7. The van der Waals surface area contributed by atoms with Crippen LogP contribution in [-0.2, 0) is 6.54 Å². The predicted octanol–water partition coefficient (Wildman–Crippen LogP) is 5.23. The van der Waals surface area contributed by atoms with Crippen LogP contribution in [0.3, 0.4) is 0 Å². The highest BCUT2D eigenvalue weighted by molar-refractivity contribution is 5.66. The van der Waals surface area contributed by atoms with Crippen molar-refractivity contribution in [3.8, 4) is 0 Å². The first kappa shape index (κ1) is 19.2. The molecule has 0 amide bonds. The van der Waals surface area contributed by atoms with Crippen LogP contribution in [0.1, 0.15) is 82.4 Å². The maximum Gasteiger partial charge on any atom is 0.0181 e. The van der Waals surface area contributed by atoms with Gasteiger partial charge in [-0.2, -0.15) is 0 Å². The van der Waals surface area contributed by atoms with E-state index in [9.17, 15) is 0 Å². The van der Waals surface area contributed by atoms with Crippen molar-refractivity contribution in [2.75, 3.05) is 6.54 Å². The molecular weight excluding hydrogens is 292 g/mol. The summed E-state index contributed by atoms with van der Waals surface area (Å²) in [4.78, 5) is 0. The molecule has 1 saturated carbocycles. The van der Waals surface area contributed by atoms with Gasteiger partial charge in [0.15, 0.2) is 0 Å². The van der Waals surface area contributed by atoms with E-state index in [1.54, 1.807) is 0 Å². The van der Waals surface area contributed by atoms with Crippen LogP contribution in [0.4, 0.5) is 0 Å². The van der Waals surface area contributed by atoms with Gasteiger partial charge in [-0.05, 0) is 74.1 Å². The molecule has 1 aromatic carbocycles. The molecule has 1 fully saturated rings. The van der Waals surface area contributed by atoms with E-state index in [1.165, 1.54) is 48.8 Å². The lowest BCUT2D eigenvalue weighted by molar-refractivity contribution is 0.383. The van der Waals surface area contributed by atoms with Gasteiger partial charge in [0.1, 0.15) is 0 Å². The molecule has 0 spiro atoms. The Morgan fingerprint density at radius 3 is 2.54 bits per heavy atom. The standard InChI is InChI=1S/C22H36N2/c1-6-10-22(11-12-22)13-14-24-18(5)17(4)21-19(15-23)8-7-9-20(21)16(2)3/h7-9,17-18,24H,2,6,10-15,23H2,1,3-5H3. The van der Waals surface area contributed by atoms with Gasteiger partial charge in [-0.3, -0.25) is 0 Å². The van der Waals surface area contributed by atoms with E-state index in [0.717, 1.165) is 12.1 Å². The molecule has 134 valence electrons. The predicted molar refractivity (Wildman–Crippen MR) is 106 cm³/mol. The fourth-order valence-corrected chi connectivity index (χ4v) is 4.02. The van der Waals surface area contributed by atoms with E-state index < -0.39 is 0 Å². The summed E-state index contributed by atoms with van der Waals surface area (Å²) in [6.07, 6.45) is 6.90. The minimum absolute atomic E-state index is 0.428. The topological polar surface area (TPSA) is 38.0 Å². The SMILES string of the molecule is C=C(C)c1cccc(CN)c1C(C)C(C)NCCC1(CCC)CC1. The van der Waals surface area contributed by atoms with Crippen molar-refractivity contribution >= 4 is 5.57 Å². The van der Waals surface area contributed by atoms with Crippen LogP contribution in [0.15, 0.2) is 24.8 Å². The smallest absolute Gasteiger partial charge is 0.0181 e. The third kappa shape index (κ3) is 4.49. The molecule has 2 unspecified atom stereocenters. The highest BCUT2D eigenvalue weighted by atomic mass is 14.9. The van der Waals surface area contributed by atoms with Gasteiger partial charge >= 0.3 is 0 Å². The van der Waals surface area contributed by atoms with Crippen molar-refractivity contribution in [2.45, 2.75) is 78.3 Å². The molecule has 2 heteroatoms. The number of nitrogens with one attached hydrogen (secondary N) is 1. The maximum atomic E-state index is 6.01. The minimum Gasteiger partial charge on any atom is -0.326 e. The van der Waals surface area contributed by atoms with Gasteiger partial charge in [0.25, 0.3) is 0 Å². The molecule has 0 aromatic heterocycles. The van der Waals surface area contributed by atoms with E-state index in [2.05, 4.69) is 57.8 Å². The number of hydrogen-bond acceptors (Lipinski definition) is 2. The molecule has 0 bridgehead atoms. The van der Waals surface area contributed by atoms with Gasteiger partial charge < -0.3 is 11.1 Å². The molecule has 0 aliphatic heterocycles. The first-order valence-corrected chi connectivity index (χ1v) is 9.65. The Labute approximate surface area is 148 Å². The Morgan fingerprint density at radius 2 is 2.00 bits per heavy atom. The Balaban J connectivity index is 2.02. The van der Waals surface area contributed by atoms with E-state index in [4.69, 9.17) is 5.73 Å². The van der Waals surface area contributed by atoms with Crippen LogP contribution < -0.4 is 11.1 Å². The van der Waals surface area contributed by atoms with Crippen LogP contribution in [0.2, 0.25) is 0 Å². The second kappa shape index (κ2) is 8.31. The highest BCUT2D eigenvalue weighted by Gasteiger charge is 2.40. The molecule has 2 rings (SSSR count). The zero-order valence-electron chi connectivity index (χ0n) is 16.1. The van der Waals surface area contributed by atoms with Gasteiger partial charge in [-0.15, -0.1) is 0 Å². The van der Waals surface area contributed by atoms with Crippen molar-refractivity contribution in [2.24, 2.45) is 11.1 Å². The molecular formula is C22H36N2. The zero-order valence-corrected chi connectivity index (χ0v) is 16.1. The Morgan fingerprint density at radius 1 is 1.29 bits per heavy atom. The summed E-state index contributed by atoms with van der Waals surface area (Å²) < 4.78 is 0. The van der Waals surface area contributed by atoms with Crippen molar-refractivity contribution < 1.29 is 0 Å². The molecule has 2 atom stereocenters. The summed E-state index contributed by atoms with van der Waals surface area (Å²) in [6.45, 7) is 14.9. The summed E-state index contributed by atoms with van der Waals surface area (Å²) in [5.74, 6) is 0.428. The van der Waals surface area contributed by atoms with E-state index in [-0.39, 0.29) is 0 Å². The molecule has 2 nitrogen and oxygen atoms in total. The number of nitrogens with two attached hydrogens (primary N) is 1. The zero-order chi connectivity index (χ0) is 17.7. The normalized spacial score (nSPS) is 18.2. The van der Waals surface area contributed by atoms with Crippen LogP contribution in [0.25, 0.3) is 5.57 Å². The molecule has 3 N–H and O–H groups in total. The summed E-state index contributed by atoms with van der Waals surface area (Å²) >= 11 is 0. The minimum atomic E-state index is 0.428. The quantitative estimate of drug-likeness (QED) is 0.617. The maximum absolute atomic E-state index is 6.01. The van der Waals surface area contributed by atoms with Gasteiger partial charge in [0.2, 0.25) is 0 Å². The fraction of sp³-hybridized carbons (Fsp3) is 0.636. The van der Waals surface area contributed by atoms with Crippen molar-refractivity contribution in [3.05, 3.63) is 41.5 Å². The molecule has 1 aromatic rings. The lowest BCUT2D eigenvalue weighted by Crippen LogP contribution is -2.33. The summed E-state index contributed by atoms with van der Waals surface area (Å²) in [6, 6.07) is 6.88. The number of rotatable bonds is 10. The molecule has 24 heavy (non-hydrogen) atoms. The van der Waals surface area contributed by atoms with Crippen LogP contribution >= 0.6 is 0 Å². The Kier molecular flexibility index (Phi) is 6.65.